The topological polar surface area (TPSA) is 72.1 Å². The molecule has 0 aliphatic heterocycles. The minimum Gasteiger partial charge on any atom is -0.384 e. The molecule has 0 fully saturated rings. The standard InChI is InChI=1S/C16H20N4O/c1-4-20(10-14-7-5-6-11(2)18-14)16(21)13-8-12(3)19-15(17)9-13/h5-9H,4,10H2,1-3H3,(H2,17,19). The lowest BCUT2D eigenvalue weighted by Crippen LogP contribution is -2.31. The normalized spacial score (nSPS) is 10.4. The fourth-order valence-electron chi connectivity index (χ4n) is 2.21. The van der Waals surface area contributed by atoms with Gasteiger partial charge in [0.2, 0.25) is 0 Å². The first-order valence-electron chi connectivity index (χ1n) is 6.95. The van der Waals surface area contributed by atoms with Gasteiger partial charge in [0, 0.05) is 23.5 Å². The van der Waals surface area contributed by atoms with Gasteiger partial charge in [-0.1, -0.05) is 6.07 Å². The van der Waals surface area contributed by atoms with E-state index in [1.54, 1.807) is 17.0 Å². The van der Waals surface area contributed by atoms with E-state index in [1.165, 1.54) is 0 Å². The van der Waals surface area contributed by atoms with Crippen LogP contribution in [0.2, 0.25) is 0 Å². The first-order valence-corrected chi connectivity index (χ1v) is 6.95. The van der Waals surface area contributed by atoms with Gasteiger partial charge in [0.25, 0.3) is 5.91 Å². The van der Waals surface area contributed by atoms with Crippen molar-refractivity contribution in [3.63, 3.8) is 0 Å². The van der Waals surface area contributed by atoms with Crippen LogP contribution < -0.4 is 5.73 Å². The Balaban J connectivity index is 2.22. The van der Waals surface area contributed by atoms with Gasteiger partial charge in [-0.3, -0.25) is 9.78 Å². The van der Waals surface area contributed by atoms with E-state index < -0.39 is 0 Å². The van der Waals surface area contributed by atoms with Gasteiger partial charge in [-0.2, -0.15) is 0 Å². The van der Waals surface area contributed by atoms with Crippen LogP contribution >= 0.6 is 0 Å². The van der Waals surface area contributed by atoms with E-state index in [4.69, 9.17) is 5.73 Å². The summed E-state index contributed by atoms with van der Waals surface area (Å²) in [5.41, 5.74) is 8.84. The van der Waals surface area contributed by atoms with Crippen molar-refractivity contribution >= 4 is 11.7 Å². The van der Waals surface area contributed by atoms with Gasteiger partial charge < -0.3 is 10.6 Å². The number of pyridine rings is 2. The number of hydrogen-bond donors (Lipinski definition) is 1. The molecule has 0 bridgehead atoms. The molecule has 2 aromatic heterocycles. The number of carbonyl (C=O) groups excluding carboxylic acids is 1. The number of aryl methyl sites for hydroxylation is 2. The van der Waals surface area contributed by atoms with Gasteiger partial charge in [0.05, 0.1) is 12.2 Å². The predicted molar refractivity (Wildman–Crippen MR) is 82.8 cm³/mol. The summed E-state index contributed by atoms with van der Waals surface area (Å²) in [6.07, 6.45) is 0. The summed E-state index contributed by atoms with van der Waals surface area (Å²) >= 11 is 0. The number of aromatic nitrogens is 2. The zero-order valence-corrected chi connectivity index (χ0v) is 12.6. The Hall–Kier alpha value is -2.43. The van der Waals surface area contributed by atoms with Crippen LogP contribution in [0.3, 0.4) is 0 Å². The van der Waals surface area contributed by atoms with Gasteiger partial charge in [-0.05, 0) is 45.0 Å². The van der Waals surface area contributed by atoms with E-state index in [0.717, 1.165) is 17.1 Å². The molecule has 0 saturated carbocycles. The van der Waals surface area contributed by atoms with Crippen LogP contribution in [0.1, 0.15) is 34.4 Å². The minimum atomic E-state index is -0.0574. The van der Waals surface area contributed by atoms with E-state index in [1.807, 2.05) is 39.0 Å². The molecule has 2 heterocycles. The molecule has 21 heavy (non-hydrogen) atoms. The monoisotopic (exact) mass is 284 g/mol. The quantitative estimate of drug-likeness (QED) is 0.935. The van der Waals surface area contributed by atoms with Crippen molar-refractivity contribution in [1.29, 1.82) is 0 Å². The number of nitrogens with zero attached hydrogens (tertiary/aromatic N) is 3. The van der Waals surface area contributed by atoms with Crippen molar-refractivity contribution in [2.24, 2.45) is 0 Å². The largest absolute Gasteiger partial charge is 0.384 e. The van der Waals surface area contributed by atoms with Crippen LogP contribution in [0.4, 0.5) is 5.82 Å². The van der Waals surface area contributed by atoms with Crippen LogP contribution in [0.5, 0.6) is 0 Å². The molecule has 5 heteroatoms. The number of rotatable bonds is 4. The van der Waals surface area contributed by atoms with Crippen LogP contribution in [0.25, 0.3) is 0 Å². The lowest BCUT2D eigenvalue weighted by atomic mass is 10.2. The lowest BCUT2D eigenvalue weighted by Gasteiger charge is -2.21. The predicted octanol–water partition coefficient (Wildman–Crippen LogP) is 2.34. The van der Waals surface area contributed by atoms with E-state index >= 15 is 0 Å². The van der Waals surface area contributed by atoms with Crippen LogP contribution in [-0.4, -0.2) is 27.3 Å². The lowest BCUT2D eigenvalue weighted by molar-refractivity contribution is 0.0750. The third kappa shape index (κ3) is 3.78. The number of nitrogen functional groups attached to an aromatic ring is 1. The second kappa shape index (κ2) is 6.35. The Kier molecular flexibility index (Phi) is 4.52. The Labute approximate surface area is 124 Å². The molecule has 5 nitrogen and oxygen atoms in total. The maximum Gasteiger partial charge on any atom is 0.254 e. The summed E-state index contributed by atoms with van der Waals surface area (Å²) in [7, 11) is 0. The van der Waals surface area contributed by atoms with Crippen LogP contribution in [0, 0.1) is 13.8 Å². The highest BCUT2D eigenvalue weighted by Crippen LogP contribution is 2.12. The van der Waals surface area contributed by atoms with Crippen LogP contribution in [-0.2, 0) is 6.54 Å². The molecule has 0 radical (unpaired) electrons. The summed E-state index contributed by atoms with van der Waals surface area (Å²) in [5, 5.41) is 0. The summed E-state index contributed by atoms with van der Waals surface area (Å²) in [6, 6.07) is 9.18. The second-order valence-electron chi connectivity index (χ2n) is 5.01. The van der Waals surface area contributed by atoms with Crippen molar-refractivity contribution in [2.75, 3.05) is 12.3 Å². The number of carbonyl (C=O) groups is 1. The molecule has 2 N–H and O–H groups in total. The fourth-order valence-corrected chi connectivity index (χ4v) is 2.21. The third-order valence-corrected chi connectivity index (χ3v) is 3.19. The molecule has 1 amide bonds. The molecule has 0 saturated heterocycles. The Morgan fingerprint density at radius 1 is 1.19 bits per heavy atom. The number of hydrogen-bond acceptors (Lipinski definition) is 4. The molecule has 0 spiro atoms. The number of amides is 1. The maximum absolute atomic E-state index is 12.6. The van der Waals surface area contributed by atoms with Crippen molar-refractivity contribution in [3.8, 4) is 0 Å². The van der Waals surface area contributed by atoms with Gasteiger partial charge >= 0.3 is 0 Å². The number of nitrogens with two attached hydrogens (primary N) is 1. The average molecular weight is 284 g/mol. The molecule has 2 aromatic rings. The van der Waals surface area contributed by atoms with Crippen molar-refractivity contribution in [1.82, 2.24) is 14.9 Å². The van der Waals surface area contributed by atoms with E-state index in [0.29, 0.717) is 24.5 Å². The first-order chi connectivity index (χ1) is 9.99. The zero-order valence-electron chi connectivity index (χ0n) is 12.6. The number of anilines is 1. The van der Waals surface area contributed by atoms with Crippen molar-refractivity contribution in [2.45, 2.75) is 27.3 Å². The second-order valence-corrected chi connectivity index (χ2v) is 5.01. The molecule has 0 atom stereocenters. The fraction of sp³-hybridized carbons (Fsp3) is 0.312. The van der Waals surface area contributed by atoms with E-state index in [9.17, 15) is 4.79 Å². The minimum absolute atomic E-state index is 0.0574. The smallest absolute Gasteiger partial charge is 0.254 e. The highest BCUT2D eigenvalue weighted by atomic mass is 16.2. The molecule has 0 aliphatic rings. The van der Waals surface area contributed by atoms with Gasteiger partial charge in [-0.15, -0.1) is 0 Å². The van der Waals surface area contributed by atoms with Gasteiger partial charge in [0.15, 0.2) is 0 Å². The molecular formula is C16H20N4O. The maximum atomic E-state index is 12.6. The highest BCUT2D eigenvalue weighted by Gasteiger charge is 2.16. The van der Waals surface area contributed by atoms with Crippen molar-refractivity contribution in [3.05, 3.63) is 53.0 Å². The molecule has 2 rings (SSSR count). The Bertz CT molecular complexity index is 634. The van der Waals surface area contributed by atoms with E-state index in [-0.39, 0.29) is 5.91 Å². The Morgan fingerprint density at radius 2 is 1.95 bits per heavy atom. The molecule has 0 aromatic carbocycles. The highest BCUT2D eigenvalue weighted by molar-refractivity contribution is 5.94. The van der Waals surface area contributed by atoms with Gasteiger partial charge in [0.1, 0.15) is 5.82 Å². The zero-order chi connectivity index (χ0) is 15.4. The molecule has 0 unspecified atom stereocenters. The Morgan fingerprint density at radius 3 is 2.57 bits per heavy atom. The average Bonchev–Trinajstić information content (AvgIpc) is 2.43. The first kappa shape index (κ1) is 15.0. The third-order valence-electron chi connectivity index (χ3n) is 3.19. The summed E-state index contributed by atoms with van der Waals surface area (Å²) in [6.45, 7) is 6.80. The summed E-state index contributed by atoms with van der Waals surface area (Å²) < 4.78 is 0. The van der Waals surface area contributed by atoms with Crippen molar-refractivity contribution < 1.29 is 4.79 Å². The molecular weight excluding hydrogens is 264 g/mol. The summed E-state index contributed by atoms with van der Waals surface area (Å²) in [5.74, 6) is 0.307. The van der Waals surface area contributed by atoms with Gasteiger partial charge in [-0.25, -0.2) is 4.98 Å². The summed E-state index contributed by atoms with van der Waals surface area (Å²) in [4.78, 5) is 22.9. The van der Waals surface area contributed by atoms with E-state index in [2.05, 4.69) is 9.97 Å². The molecule has 0 aliphatic carbocycles. The molecule has 110 valence electrons. The van der Waals surface area contributed by atoms with Crippen LogP contribution in [0.15, 0.2) is 30.3 Å². The SMILES string of the molecule is CCN(Cc1cccc(C)n1)C(=O)c1cc(C)nc(N)c1.